The van der Waals surface area contributed by atoms with Crippen LogP contribution in [0.3, 0.4) is 0 Å². The Bertz CT molecular complexity index is 1140. The van der Waals surface area contributed by atoms with E-state index >= 15 is 0 Å². The number of nitrogens with zero attached hydrogens (tertiary/aromatic N) is 2. The number of aryl methyl sites for hydroxylation is 1. The predicted molar refractivity (Wildman–Crippen MR) is 131 cm³/mol. The van der Waals surface area contributed by atoms with Gasteiger partial charge in [0.2, 0.25) is 11.8 Å². The van der Waals surface area contributed by atoms with Gasteiger partial charge in [-0.3, -0.25) is 9.59 Å². The number of carbonyl (C=O) groups is 3. The van der Waals surface area contributed by atoms with Gasteiger partial charge in [0.1, 0.15) is 6.04 Å². The topological polar surface area (TPSA) is 102 Å². The van der Waals surface area contributed by atoms with Crippen LogP contribution in [0.25, 0.3) is 0 Å². The van der Waals surface area contributed by atoms with Crippen molar-refractivity contribution in [3.63, 3.8) is 0 Å². The summed E-state index contributed by atoms with van der Waals surface area (Å²) in [5.74, 6) is 2.25. The van der Waals surface area contributed by atoms with E-state index in [2.05, 4.69) is 16.6 Å². The van der Waals surface area contributed by atoms with E-state index in [0.29, 0.717) is 29.9 Å². The average molecular weight is 461 g/mol. The van der Waals surface area contributed by atoms with Crippen molar-refractivity contribution < 1.29 is 19.5 Å². The number of carbonyl (C=O) groups excluding carboxylic acids is 3. The first kappa shape index (κ1) is 23.3. The SMILES string of the molecule is C#Cc1ccc(NC(=O)N2CC(O)CC2C(=O)Nc2ccc(N3CCCCC3=O)c(C)c2)cc1. The van der Waals surface area contributed by atoms with Gasteiger partial charge in [-0.05, 0) is 67.8 Å². The predicted octanol–water partition coefficient (Wildman–Crippen LogP) is 3.10. The van der Waals surface area contributed by atoms with Crippen molar-refractivity contribution in [2.75, 3.05) is 28.6 Å². The van der Waals surface area contributed by atoms with Crippen molar-refractivity contribution in [3.05, 3.63) is 53.6 Å². The van der Waals surface area contributed by atoms with E-state index in [4.69, 9.17) is 6.42 Å². The number of nitrogens with one attached hydrogen (secondary N) is 2. The molecule has 2 aromatic rings. The number of terminal acetylenes is 1. The monoisotopic (exact) mass is 460 g/mol. The first-order valence-electron chi connectivity index (χ1n) is 11.4. The molecule has 2 unspecified atom stereocenters. The van der Waals surface area contributed by atoms with Crippen molar-refractivity contribution in [1.29, 1.82) is 0 Å². The fraction of sp³-hybridized carbons (Fsp3) is 0.346. The molecule has 2 saturated heterocycles. The minimum Gasteiger partial charge on any atom is -0.391 e. The number of benzene rings is 2. The van der Waals surface area contributed by atoms with Crippen molar-refractivity contribution in [1.82, 2.24) is 4.90 Å². The van der Waals surface area contributed by atoms with Gasteiger partial charge in [-0.1, -0.05) is 5.92 Å². The smallest absolute Gasteiger partial charge is 0.322 e. The van der Waals surface area contributed by atoms with Gasteiger partial charge in [-0.2, -0.15) is 0 Å². The summed E-state index contributed by atoms with van der Waals surface area (Å²) < 4.78 is 0. The molecule has 0 aliphatic carbocycles. The van der Waals surface area contributed by atoms with E-state index in [0.717, 1.165) is 24.1 Å². The van der Waals surface area contributed by atoms with Gasteiger partial charge in [0.05, 0.1) is 6.10 Å². The number of likely N-dealkylation sites (tertiary alicyclic amines) is 1. The third kappa shape index (κ3) is 5.05. The van der Waals surface area contributed by atoms with Crippen molar-refractivity contribution >= 4 is 34.9 Å². The maximum atomic E-state index is 13.0. The average Bonchev–Trinajstić information content (AvgIpc) is 3.22. The number of β-amino-alcohol motifs (C(OH)–C–C–N with tert-alkyl or cyclic N) is 1. The maximum absolute atomic E-state index is 13.0. The van der Waals surface area contributed by atoms with Crippen LogP contribution in [-0.4, -0.2) is 53.1 Å². The number of hydrogen-bond donors (Lipinski definition) is 3. The Kier molecular flexibility index (Phi) is 6.85. The molecule has 3 N–H and O–H groups in total. The van der Waals surface area contributed by atoms with E-state index in [-0.39, 0.29) is 24.8 Å². The molecule has 0 radical (unpaired) electrons. The summed E-state index contributed by atoms with van der Waals surface area (Å²) >= 11 is 0. The Morgan fingerprint density at radius 1 is 1.09 bits per heavy atom. The second-order valence-corrected chi connectivity index (χ2v) is 8.70. The molecule has 4 rings (SSSR count). The molecule has 4 amide bonds. The van der Waals surface area contributed by atoms with Crippen LogP contribution in [0, 0.1) is 19.3 Å². The zero-order valence-electron chi connectivity index (χ0n) is 19.1. The van der Waals surface area contributed by atoms with E-state index < -0.39 is 18.2 Å². The first-order valence-corrected chi connectivity index (χ1v) is 11.4. The van der Waals surface area contributed by atoms with Crippen molar-refractivity contribution in [2.45, 2.75) is 44.8 Å². The molecule has 0 saturated carbocycles. The van der Waals surface area contributed by atoms with Gasteiger partial charge in [-0.15, -0.1) is 6.42 Å². The van der Waals surface area contributed by atoms with Gasteiger partial charge in [0.25, 0.3) is 0 Å². The summed E-state index contributed by atoms with van der Waals surface area (Å²) in [6, 6.07) is 10.9. The normalized spacial score (nSPS) is 20.1. The Balaban J connectivity index is 1.43. The molecule has 2 aliphatic rings. The zero-order chi connectivity index (χ0) is 24.2. The van der Waals surface area contributed by atoms with E-state index in [1.54, 1.807) is 35.2 Å². The van der Waals surface area contributed by atoms with Gasteiger partial charge >= 0.3 is 6.03 Å². The molecule has 0 spiro atoms. The second kappa shape index (κ2) is 9.98. The summed E-state index contributed by atoms with van der Waals surface area (Å²) in [6.07, 6.45) is 7.15. The van der Waals surface area contributed by atoms with Crippen LogP contribution < -0.4 is 15.5 Å². The van der Waals surface area contributed by atoms with Crippen LogP contribution in [0.4, 0.5) is 21.9 Å². The lowest BCUT2D eigenvalue weighted by atomic mass is 10.1. The number of aliphatic hydroxyl groups is 1. The quantitative estimate of drug-likeness (QED) is 0.610. The van der Waals surface area contributed by atoms with Gasteiger partial charge in [-0.25, -0.2) is 4.79 Å². The zero-order valence-corrected chi connectivity index (χ0v) is 19.1. The molecule has 8 nitrogen and oxygen atoms in total. The summed E-state index contributed by atoms with van der Waals surface area (Å²) in [5, 5.41) is 15.8. The third-order valence-electron chi connectivity index (χ3n) is 6.22. The van der Waals surface area contributed by atoms with Crippen LogP contribution in [0.2, 0.25) is 0 Å². The molecule has 0 aromatic heterocycles. The second-order valence-electron chi connectivity index (χ2n) is 8.70. The standard InChI is InChI=1S/C26H28N4O4/c1-3-18-7-9-19(10-8-18)28-26(34)30-16-21(31)15-23(30)25(33)27-20-11-12-22(17(2)14-20)29-13-5-4-6-24(29)32/h1,7-12,14,21,23,31H,4-6,13,15-16H2,2H3,(H,27,33)(H,28,34). The van der Waals surface area contributed by atoms with Crippen LogP contribution in [0.15, 0.2) is 42.5 Å². The highest BCUT2D eigenvalue weighted by atomic mass is 16.3. The van der Waals surface area contributed by atoms with Gasteiger partial charge in [0, 0.05) is 48.6 Å². The van der Waals surface area contributed by atoms with E-state index in [1.807, 2.05) is 19.1 Å². The molecule has 34 heavy (non-hydrogen) atoms. The van der Waals surface area contributed by atoms with Crippen molar-refractivity contribution in [2.24, 2.45) is 0 Å². The van der Waals surface area contributed by atoms with Gasteiger partial charge in [0.15, 0.2) is 0 Å². The number of hydrogen-bond acceptors (Lipinski definition) is 4. The van der Waals surface area contributed by atoms with E-state index in [1.165, 1.54) is 4.90 Å². The number of aliphatic hydroxyl groups excluding tert-OH is 1. The third-order valence-corrected chi connectivity index (χ3v) is 6.22. The molecule has 2 atom stereocenters. The minimum atomic E-state index is -0.816. The number of rotatable bonds is 4. The molecular formula is C26H28N4O4. The number of piperidine rings is 1. The highest BCUT2D eigenvalue weighted by molar-refractivity contribution is 6.00. The van der Waals surface area contributed by atoms with Crippen LogP contribution in [-0.2, 0) is 9.59 Å². The maximum Gasteiger partial charge on any atom is 0.322 e. The fourth-order valence-corrected chi connectivity index (χ4v) is 4.45. The van der Waals surface area contributed by atoms with E-state index in [9.17, 15) is 19.5 Å². The van der Waals surface area contributed by atoms with Crippen molar-refractivity contribution in [3.8, 4) is 12.3 Å². The molecule has 2 fully saturated rings. The largest absolute Gasteiger partial charge is 0.391 e. The molecule has 176 valence electrons. The Morgan fingerprint density at radius 3 is 2.50 bits per heavy atom. The fourth-order valence-electron chi connectivity index (χ4n) is 4.45. The minimum absolute atomic E-state index is 0.0569. The highest BCUT2D eigenvalue weighted by Crippen LogP contribution is 2.28. The van der Waals surface area contributed by atoms with Gasteiger partial charge < -0.3 is 25.5 Å². The summed E-state index contributed by atoms with van der Waals surface area (Å²) in [6.45, 7) is 2.65. The molecule has 0 bridgehead atoms. The summed E-state index contributed by atoms with van der Waals surface area (Å²) in [7, 11) is 0. The lowest BCUT2D eigenvalue weighted by Crippen LogP contribution is -2.45. The molecule has 2 aromatic carbocycles. The van der Waals surface area contributed by atoms with Crippen LogP contribution >= 0.6 is 0 Å². The summed E-state index contributed by atoms with van der Waals surface area (Å²) in [4.78, 5) is 41.2. The Labute approximate surface area is 198 Å². The van der Waals surface area contributed by atoms with Crippen LogP contribution in [0.5, 0.6) is 0 Å². The summed E-state index contributed by atoms with van der Waals surface area (Å²) in [5.41, 5.74) is 3.53. The van der Waals surface area contributed by atoms with Crippen LogP contribution in [0.1, 0.15) is 36.8 Å². The lowest BCUT2D eigenvalue weighted by molar-refractivity contribution is -0.120. The molecular weight excluding hydrogens is 432 g/mol. The molecule has 2 aliphatic heterocycles. The number of amides is 4. The Morgan fingerprint density at radius 2 is 1.82 bits per heavy atom. The first-order chi connectivity index (χ1) is 16.4. The molecule has 8 heteroatoms. The molecule has 2 heterocycles. The highest BCUT2D eigenvalue weighted by Gasteiger charge is 2.39. The number of anilines is 3. The number of urea groups is 1. The Hall–Kier alpha value is -3.83. The lowest BCUT2D eigenvalue weighted by Gasteiger charge is -2.28.